The number of benzene rings is 1. The lowest BCUT2D eigenvalue weighted by Crippen LogP contribution is -2.56. The number of hydrogen-bond acceptors (Lipinski definition) is 5. The van der Waals surface area contributed by atoms with Crippen LogP contribution in [-0.4, -0.2) is 69.8 Å². The van der Waals surface area contributed by atoms with Crippen LogP contribution in [0.2, 0.25) is 5.02 Å². The number of pyridine rings is 2. The average Bonchev–Trinajstić information content (AvgIpc) is 3.42. The Morgan fingerprint density at radius 1 is 1.17 bits per heavy atom. The highest BCUT2D eigenvalue weighted by molar-refractivity contribution is 6.30. The predicted molar refractivity (Wildman–Crippen MR) is 136 cm³/mol. The van der Waals surface area contributed by atoms with Crippen LogP contribution >= 0.6 is 11.6 Å². The molecule has 4 heterocycles. The number of carbonyl (C=O) groups is 2. The lowest BCUT2D eigenvalue weighted by molar-refractivity contribution is -0.126. The van der Waals surface area contributed by atoms with Crippen LogP contribution < -0.4 is 5.32 Å². The van der Waals surface area contributed by atoms with Gasteiger partial charge in [-0.1, -0.05) is 11.6 Å². The highest BCUT2D eigenvalue weighted by atomic mass is 35.5. The third kappa shape index (κ3) is 5.06. The largest absolute Gasteiger partial charge is 0.350 e. The first-order chi connectivity index (χ1) is 17.4. The van der Waals surface area contributed by atoms with E-state index in [0.29, 0.717) is 35.6 Å². The number of nitrogens with one attached hydrogen (secondary N) is 1. The van der Waals surface area contributed by atoms with Crippen molar-refractivity contribution in [2.24, 2.45) is 0 Å². The molecule has 9 heteroatoms. The zero-order chi connectivity index (χ0) is 25.2. The van der Waals surface area contributed by atoms with Crippen molar-refractivity contribution in [3.63, 3.8) is 0 Å². The van der Waals surface area contributed by atoms with Gasteiger partial charge < -0.3 is 10.2 Å². The molecule has 1 aromatic carbocycles. The summed E-state index contributed by atoms with van der Waals surface area (Å²) in [4.78, 5) is 39.4. The molecule has 5 rings (SSSR count). The van der Waals surface area contributed by atoms with Gasteiger partial charge in [0.15, 0.2) is 0 Å². The van der Waals surface area contributed by atoms with Crippen LogP contribution in [0.4, 0.5) is 4.39 Å². The molecule has 188 valence electrons. The lowest BCUT2D eigenvalue weighted by atomic mass is 9.84. The predicted octanol–water partition coefficient (Wildman–Crippen LogP) is 4.02. The molecule has 2 aromatic heterocycles. The number of rotatable bonds is 5. The van der Waals surface area contributed by atoms with Gasteiger partial charge in [0, 0.05) is 48.0 Å². The summed E-state index contributed by atoms with van der Waals surface area (Å²) >= 11 is 6.16. The topological polar surface area (TPSA) is 78.4 Å². The summed E-state index contributed by atoms with van der Waals surface area (Å²) in [5.74, 6) is -0.869. The Morgan fingerprint density at radius 2 is 1.97 bits per heavy atom. The van der Waals surface area contributed by atoms with Gasteiger partial charge in [0.1, 0.15) is 5.82 Å². The molecule has 3 atom stereocenters. The minimum absolute atomic E-state index is 0.0859. The number of likely N-dealkylation sites (tertiary alicyclic amines) is 2. The van der Waals surface area contributed by atoms with Crippen LogP contribution in [0, 0.1) is 5.82 Å². The molecule has 2 fully saturated rings. The van der Waals surface area contributed by atoms with Crippen molar-refractivity contribution in [3.05, 3.63) is 70.9 Å². The van der Waals surface area contributed by atoms with Crippen molar-refractivity contribution in [1.82, 2.24) is 25.1 Å². The number of nitrogens with zero attached hydrogens (tertiary/aromatic N) is 4. The van der Waals surface area contributed by atoms with Gasteiger partial charge in [-0.2, -0.15) is 0 Å². The van der Waals surface area contributed by atoms with Crippen LogP contribution in [-0.2, 0) is 4.79 Å². The average molecular weight is 510 g/mol. The maximum absolute atomic E-state index is 14.2. The first kappa shape index (κ1) is 24.6. The summed E-state index contributed by atoms with van der Waals surface area (Å²) in [6, 6.07) is 7.49. The molecule has 2 aliphatic heterocycles. The van der Waals surface area contributed by atoms with Gasteiger partial charge in [-0.3, -0.25) is 24.5 Å². The Morgan fingerprint density at radius 3 is 2.75 bits per heavy atom. The van der Waals surface area contributed by atoms with Crippen molar-refractivity contribution in [1.29, 1.82) is 0 Å². The van der Waals surface area contributed by atoms with E-state index in [-0.39, 0.29) is 23.8 Å². The summed E-state index contributed by atoms with van der Waals surface area (Å²) in [7, 11) is 0. The number of aromatic nitrogens is 2. The summed E-state index contributed by atoms with van der Waals surface area (Å²) in [5, 5.41) is 4.29. The minimum Gasteiger partial charge on any atom is -0.350 e. The molecule has 0 bridgehead atoms. The van der Waals surface area contributed by atoms with Crippen LogP contribution in [0.25, 0.3) is 10.9 Å². The molecule has 2 saturated heterocycles. The standard InChI is InChI=1S/C27H29ClFN5O2/c1-17(33-8-2-3-9-33)26(35)32-24-16-34(10-6-22(24)19-11-20(28)13-21(29)12-19)27(36)23-15-30-14-18-5-4-7-31-25(18)23/h4-5,7,11-15,17,22,24H,2-3,6,8-10,16H2,1H3,(H,32,35)/t17-,22+,24-/m1/s1. The lowest BCUT2D eigenvalue weighted by Gasteiger charge is -2.40. The Labute approximate surface area is 214 Å². The monoisotopic (exact) mass is 509 g/mol. The second-order valence-electron chi connectivity index (χ2n) is 9.65. The van der Waals surface area contributed by atoms with E-state index in [2.05, 4.69) is 20.2 Å². The Hall–Kier alpha value is -3.10. The molecule has 36 heavy (non-hydrogen) atoms. The van der Waals surface area contributed by atoms with Crippen molar-refractivity contribution < 1.29 is 14.0 Å². The molecule has 0 spiro atoms. The second kappa shape index (κ2) is 10.5. The van der Waals surface area contributed by atoms with E-state index in [1.165, 1.54) is 12.1 Å². The number of hydrogen-bond donors (Lipinski definition) is 1. The van der Waals surface area contributed by atoms with E-state index in [0.717, 1.165) is 36.9 Å². The molecule has 3 aromatic rings. The summed E-state index contributed by atoms with van der Waals surface area (Å²) in [6.45, 7) is 4.45. The fourth-order valence-corrected chi connectivity index (χ4v) is 5.63. The second-order valence-corrected chi connectivity index (χ2v) is 10.1. The number of carbonyl (C=O) groups excluding carboxylic acids is 2. The summed E-state index contributed by atoms with van der Waals surface area (Å²) in [5.41, 5.74) is 1.75. The first-order valence-corrected chi connectivity index (χ1v) is 12.8. The highest BCUT2D eigenvalue weighted by Gasteiger charge is 2.36. The molecule has 1 N–H and O–H groups in total. The third-order valence-corrected chi connectivity index (χ3v) is 7.57. The Balaban J connectivity index is 1.42. The molecule has 0 aliphatic carbocycles. The van der Waals surface area contributed by atoms with Gasteiger partial charge in [0.25, 0.3) is 5.91 Å². The maximum Gasteiger partial charge on any atom is 0.257 e. The van der Waals surface area contributed by atoms with Gasteiger partial charge in [0.05, 0.1) is 23.2 Å². The third-order valence-electron chi connectivity index (χ3n) is 7.35. The van der Waals surface area contributed by atoms with Crippen LogP contribution in [0.5, 0.6) is 0 Å². The zero-order valence-corrected chi connectivity index (χ0v) is 20.9. The van der Waals surface area contributed by atoms with Crippen LogP contribution in [0.3, 0.4) is 0 Å². The molecule has 0 saturated carbocycles. The molecule has 2 aliphatic rings. The van der Waals surface area contributed by atoms with Crippen LogP contribution in [0.15, 0.2) is 48.9 Å². The number of halogens is 2. The van der Waals surface area contributed by atoms with Gasteiger partial charge in [-0.15, -0.1) is 0 Å². The van der Waals surface area contributed by atoms with E-state index < -0.39 is 11.9 Å². The van der Waals surface area contributed by atoms with Crippen molar-refractivity contribution in [2.45, 2.75) is 44.2 Å². The van der Waals surface area contributed by atoms with Gasteiger partial charge in [0.2, 0.25) is 5.91 Å². The quantitative estimate of drug-likeness (QED) is 0.562. The Kier molecular flexibility index (Phi) is 7.16. The molecule has 2 amide bonds. The molecule has 7 nitrogen and oxygen atoms in total. The zero-order valence-electron chi connectivity index (χ0n) is 20.2. The number of piperidine rings is 1. The highest BCUT2D eigenvalue weighted by Crippen LogP contribution is 2.32. The molecular formula is C27H29ClFN5O2. The maximum atomic E-state index is 14.2. The smallest absolute Gasteiger partial charge is 0.257 e. The van der Waals surface area contributed by atoms with E-state index in [4.69, 9.17) is 11.6 Å². The van der Waals surface area contributed by atoms with Gasteiger partial charge >= 0.3 is 0 Å². The fourth-order valence-electron chi connectivity index (χ4n) is 5.40. The number of amides is 2. The van der Waals surface area contributed by atoms with E-state index >= 15 is 0 Å². The normalized spacial score (nSPS) is 21.5. The molecule has 0 unspecified atom stereocenters. The summed E-state index contributed by atoms with van der Waals surface area (Å²) in [6.07, 6.45) is 7.60. The van der Waals surface area contributed by atoms with Gasteiger partial charge in [-0.25, -0.2) is 4.39 Å². The summed E-state index contributed by atoms with van der Waals surface area (Å²) < 4.78 is 14.2. The van der Waals surface area contributed by atoms with Crippen LogP contribution in [0.1, 0.15) is 48.0 Å². The first-order valence-electron chi connectivity index (χ1n) is 12.4. The van der Waals surface area contributed by atoms with E-state index in [1.807, 2.05) is 13.0 Å². The Bertz CT molecular complexity index is 1260. The van der Waals surface area contributed by atoms with E-state index in [1.54, 1.807) is 35.6 Å². The van der Waals surface area contributed by atoms with Crippen molar-refractivity contribution in [3.8, 4) is 0 Å². The minimum atomic E-state index is -0.417. The molecular weight excluding hydrogens is 481 g/mol. The number of fused-ring (bicyclic) bond motifs is 1. The molecule has 0 radical (unpaired) electrons. The van der Waals surface area contributed by atoms with Crippen molar-refractivity contribution >= 4 is 34.3 Å². The van der Waals surface area contributed by atoms with E-state index in [9.17, 15) is 14.0 Å². The van der Waals surface area contributed by atoms with Gasteiger partial charge in [-0.05, 0) is 75.2 Å². The SMILES string of the molecule is C[C@H](C(=O)N[C@@H]1CN(C(=O)c2cncc3cccnc23)CC[C@H]1c1cc(F)cc(Cl)c1)N1CCCC1. The fraction of sp³-hybridized carbons (Fsp3) is 0.407. The van der Waals surface area contributed by atoms with Crippen molar-refractivity contribution in [2.75, 3.05) is 26.2 Å².